The average molecular weight is 526 g/mol. The minimum absolute atomic E-state index is 0.146. The molecule has 1 unspecified atom stereocenters. The van der Waals surface area contributed by atoms with Crippen molar-refractivity contribution in [2.75, 3.05) is 24.7 Å². The predicted octanol–water partition coefficient (Wildman–Crippen LogP) is 5.13. The first-order chi connectivity index (χ1) is 16.4. The zero-order chi connectivity index (χ0) is 24.2. The number of nitrogens with zero attached hydrogens (tertiary/aromatic N) is 1. The van der Waals surface area contributed by atoms with Gasteiger partial charge < -0.3 is 18.9 Å². The summed E-state index contributed by atoms with van der Waals surface area (Å²) in [5.41, 5.74) is 3.07. The fourth-order valence-corrected chi connectivity index (χ4v) is 5.59. The van der Waals surface area contributed by atoms with E-state index in [1.54, 1.807) is 20.8 Å². The molecule has 3 aliphatic heterocycles. The monoisotopic (exact) mass is 525 g/mol. The molecule has 3 aliphatic rings. The number of allylic oxidation sites excluding steroid dienone is 2. The molecular weight excluding hydrogens is 502 g/mol. The first-order valence-corrected chi connectivity index (χ1v) is 12.0. The Labute approximate surface area is 206 Å². The minimum Gasteiger partial charge on any atom is -0.484 e. The van der Waals surface area contributed by atoms with Gasteiger partial charge in [-0.2, -0.15) is 0 Å². The smallest absolute Gasteiger partial charge is 0.342 e. The molecule has 0 saturated carbocycles. The van der Waals surface area contributed by atoms with Gasteiger partial charge in [0.15, 0.2) is 12.4 Å². The Morgan fingerprint density at radius 3 is 2.29 bits per heavy atom. The lowest BCUT2D eigenvalue weighted by Gasteiger charge is -2.53. The highest BCUT2D eigenvalue weighted by molar-refractivity contribution is 9.10. The minimum atomic E-state index is -1.11. The number of fused-ring (bicyclic) bond motifs is 2. The summed E-state index contributed by atoms with van der Waals surface area (Å²) in [6, 6.07) is 11.3. The Hall–Kier alpha value is -3.26. The summed E-state index contributed by atoms with van der Waals surface area (Å²) in [5, 5.41) is 0. The van der Waals surface area contributed by atoms with Gasteiger partial charge in [-0.15, -0.1) is 0 Å². The standard InChI is InChI=1S/C26H24BrNO6/c1-5-31-24(29)20-14(3)28-19-12-8-11-18(27)23(19)33-13-26(28)22-16(20)9-7-10-17(22)21(15(4)34-26)25(30)32-6-2/h7-12H,5-6,13H2,1-4H3. The van der Waals surface area contributed by atoms with Crippen LogP contribution in [0.1, 0.15) is 44.4 Å². The molecule has 3 heterocycles. The first kappa shape index (κ1) is 22.5. The van der Waals surface area contributed by atoms with Crippen molar-refractivity contribution in [3.8, 4) is 5.75 Å². The van der Waals surface area contributed by atoms with Gasteiger partial charge in [-0.25, -0.2) is 9.59 Å². The lowest BCUT2D eigenvalue weighted by atomic mass is 9.78. The molecule has 0 radical (unpaired) electrons. The number of ether oxygens (including phenoxy) is 4. The molecule has 34 heavy (non-hydrogen) atoms. The normalized spacial score (nSPS) is 20.0. The van der Waals surface area contributed by atoms with Crippen LogP contribution in [0.15, 0.2) is 52.3 Å². The summed E-state index contributed by atoms with van der Waals surface area (Å²) >= 11 is 3.57. The molecule has 1 spiro atoms. The summed E-state index contributed by atoms with van der Waals surface area (Å²) in [6.07, 6.45) is 0. The van der Waals surface area contributed by atoms with Gasteiger partial charge in [0.1, 0.15) is 11.3 Å². The lowest BCUT2D eigenvalue weighted by molar-refractivity contribution is -0.137. The van der Waals surface area contributed by atoms with Crippen LogP contribution in [0.4, 0.5) is 5.69 Å². The third-order valence-corrected chi connectivity index (χ3v) is 6.91. The van der Waals surface area contributed by atoms with Gasteiger partial charge in [-0.1, -0.05) is 24.3 Å². The molecule has 0 fully saturated rings. The third-order valence-electron chi connectivity index (χ3n) is 6.28. The number of anilines is 1. The number of halogens is 1. The largest absolute Gasteiger partial charge is 0.484 e. The molecule has 176 valence electrons. The third kappa shape index (κ3) is 3.01. The van der Waals surface area contributed by atoms with Crippen molar-refractivity contribution in [2.45, 2.75) is 33.4 Å². The highest BCUT2D eigenvalue weighted by atomic mass is 79.9. The zero-order valence-electron chi connectivity index (χ0n) is 19.4. The zero-order valence-corrected chi connectivity index (χ0v) is 20.9. The van der Waals surface area contributed by atoms with Crippen LogP contribution in [0.3, 0.4) is 0 Å². The lowest BCUT2D eigenvalue weighted by Crippen LogP contribution is -2.58. The van der Waals surface area contributed by atoms with E-state index in [2.05, 4.69) is 15.9 Å². The summed E-state index contributed by atoms with van der Waals surface area (Å²) in [6.45, 7) is 7.79. The van der Waals surface area contributed by atoms with E-state index in [9.17, 15) is 9.59 Å². The molecule has 0 aliphatic carbocycles. The van der Waals surface area contributed by atoms with Gasteiger partial charge in [0.25, 0.3) is 0 Å². The number of esters is 2. The van der Waals surface area contributed by atoms with E-state index in [1.165, 1.54) is 0 Å². The average Bonchev–Trinajstić information content (AvgIpc) is 2.79. The molecule has 2 aromatic carbocycles. The fourth-order valence-electron chi connectivity index (χ4n) is 5.12. The number of carbonyl (C=O) groups is 2. The number of carbonyl (C=O) groups excluding carboxylic acids is 2. The van der Waals surface area contributed by atoms with Crippen LogP contribution in [-0.4, -0.2) is 31.8 Å². The Morgan fingerprint density at radius 1 is 1.00 bits per heavy atom. The fraction of sp³-hybridized carbons (Fsp3) is 0.308. The molecule has 0 saturated heterocycles. The van der Waals surface area contributed by atoms with Gasteiger partial charge in [-0.05, 0) is 55.8 Å². The van der Waals surface area contributed by atoms with E-state index in [4.69, 9.17) is 18.9 Å². The Kier molecular flexibility index (Phi) is 5.43. The van der Waals surface area contributed by atoms with Crippen molar-refractivity contribution in [1.82, 2.24) is 0 Å². The highest BCUT2D eigenvalue weighted by Crippen LogP contribution is 2.57. The van der Waals surface area contributed by atoms with Crippen molar-refractivity contribution in [3.05, 3.63) is 69.0 Å². The SMILES string of the molecule is CCOC(=O)C1=C(C)OC23COc4c(Br)cccc4N2C(C)=C(C(=O)OCC)c2cccc1c23. The van der Waals surface area contributed by atoms with Crippen molar-refractivity contribution in [2.24, 2.45) is 0 Å². The maximum absolute atomic E-state index is 13.2. The summed E-state index contributed by atoms with van der Waals surface area (Å²) in [5.74, 6) is 0.174. The maximum atomic E-state index is 13.2. The van der Waals surface area contributed by atoms with Crippen LogP contribution in [0.2, 0.25) is 0 Å². The van der Waals surface area contributed by atoms with E-state index in [1.807, 2.05) is 48.2 Å². The van der Waals surface area contributed by atoms with Crippen molar-refractivity contribution < 1.29 is 28.5 Å². The van der Waals surface area contributed by atoms with Crippen LogP contribution in [0.25, 0.3) is 11.1 Å². The molecule has 7 nitrogen and oxygen atoms in total. The highest BCUT2D eigenvalue weighted by Gasteiger charge is 2.56. The molecular formula is C26H24BrNO6. The summed E-state index contributed by atoms with van der Waals surface area (Å²) < 4.78 is 24.4. The molecule has 5 rings (SSSR count). The maximum Gasteiger partial charge on any atom is 0.342 e. The molecule has 2 aromatic rings. The van der Waals surface area contributed by atoms with Crippen molar-refractivity contribution >= 4 is 44.7 Å². The second-order valence-electron chi connectivity index (χ2n) is 8.16. The topological polar surface area (TPSA) is 74.3 Å². The summed E-state index contributed by atoms with van der Waals surface area (Å²) in [4.78, 5) is 28.2. The van der Waals surface area contributed by atoms with Crippen LogP contribution >= 0.6 is 15.9 Å². The van der Waals surface area contributed by atoms with E-state index in [0.717, 1.165) is 10.2 Å². The van der Waals surface area contributed by atoms with Gasteiger partial charge in [0.2, 0.25) is 5.72 Å². The van der Waals surface area contributed by atoms with E-state index < -0.39 is 17.7 Å². The van der Waals surface area contributed by atoms with Crippen LogP contribution < -0.4 is 9.64 Å². The Morgan fingerprint density at radius 2 is 1.62 bits per heavy atom. The number of benzene rings is 2. The van der Waals surface area contributed by atoms with Gasteiger partial charge in [0, 0.05) is 22.4 Å². The number of rotatable bonds is 4. The second kappa shape index (κ2) is 8.20. The van der Waals surface area contributed by atoms with Crippen LogP contribution in [0.5, 0.6) is 5.75 Å². The Bertz CT molecular complexity index is 1300. The molecule has 0 amide bonds. The molecule has 0 N–H and O–H groups in total. The van der Waals surface area contributed by atoms with Crippen LogP contribution in [0, 0.1) is 0 Å². The van der Waals surface area contributed by atoms with Crippen LogP contribution in [-0.2, 0) is 29.5 Å². The molecule has 0 aromatic heterocycles. The Balaban J connectivity index is 1.86. The quantitative estimate of drug-likeness (QED) is 0.512. The van der Waals surface area contributed by atoms with Gasteiger partial charge in [0.05, 0.1) is 28.9 Å². The first-order valence-electron chi connectivity index (χ1n) is 11.2. The second-order valence-corrected chi connectivity index (χ2v) is 9.01. The van der Waals surface area contributed by atoms with E-state index in [-0.39, 0.29) is 19.8 Å². The predicted molar refractivity (Wildman–Crippen MR) is 130 cm³/mol. The molecule has 0 bridgehead atoms. The van der Waals surface area contributed by atoms with Gasteiger partial charge in [-0.3, -0.25) is 4.90 Å². The van der Waals surface area contributed by atoms with E-state index >= 15 is 0 Å². The summed E-state index contributed by atoms with van der Waals surface area (Å²) in [7, 11) is 0. The van der Waals surface area contributed by atoms with Crippen molar-refractivity contribution in [1.29, 1.82) is 0 Å². The molecule has 8 heteroatoms. The van der Waals surface area contributed by atoms with E-state index in [0.29, 0.717) is 45.0 Å². The van der Waals surface area contributed by atoms with Gasteiger partial charge >= 0.3 is 11.9 Å². The number of hydrogen-bond acceptors (Lipinski definition) is 7. The molecule has 1 atom stereocenters. The number of hydrogen-bond donors (Lipinski definition) is 0. The van der Waals surface area contributed by atoms with Crippen molar-refractivity contribution in [3.63, 3.8) is 0 Å². The number of para-hydroxylation sites is 1.